The zero-order valence-electron chi connectivity index (χ0n) is 16.5. The molecule has 0 bridgehead atoms. The summed E-state index contributed by atoms with van der Waals surface area (Å²) in [7, 11) is -1.25. The number of amides is 1. The predicted molar refractivity (Wildman–Crippen MR) is 113 cm³/mol. The Morgan fingerprint density at radius 1 is 0.968 bits per heavy atom. The van der Waals surface area contributed by atoms with Crippen LogP contribution in [0.3, 0.4) is 0 Å². The van der Waals surface area contributed by atoms with Gasteiger partial charge in [-0.05, 0) is 54.6 Å². The Morgan fingerprint density at radius 3 is 2.29 bits per heavy atom. The number of methoxy groups -OCH3 is 2. The van der Waals surface area contributed by atoms with Crippen LogP contribution in [0.25, 0.3) is 0 Å². The average molecular weight is 446 g/mol. The van der Waals surface area contributed by atoms with E-state index >= 15 is 0 Å². The first-order valence-electron chi connectivity index (χ1n) is 8.88. The number of carbonyl (C=O) groups is 1. The highest BCUT2D eigenvalue weighted by molar-refractivity contribution is 7.92. The van der Waals surface area contributed by atoms with Crippen molar-refractivity contribution in [3.8, 4) is 17.2 Å². The van der Waals surface area contributed by atoms with Gasteiger partial charge in [-0.25, -0.2) is 12.8 Å². The highest BCUT2D eigenvalue weighted by Gasteiger charge is 2.18. The van der Waals surface area contributed by atoms with Crippen LogP contribution in [0.2, 0.25) is 0 Å². The third-order valence-electron chi connectivity index (χ3n) is 4.28. The lowest BCUT2D eigenvalue weighted by molar-refractivity contribution is 0.102. The Morgan fingerprint density at radius 2 is 1.68 bits per heavy atom. The molecule has 10 heteroatoms. The molecule has 0 saturated carbocycles. The monoisotopic (exact) mass is 446 g/mol. The highest BCUT2D eigenvalue weighted by atomic mass is 32.2. The molecule has 0 aliphatic carbocycles. The van der Waals surface area contributed by atoms with E-state index in [4.69, 9.17) is 9.47 Å². The Hall–Kier alpha value is -3.79. The third-order valence-corrected chi connectivity index (χ3v) is 5.66. The third kappa shape index (κ3) is 5.04. The molecule has 0 spiro atoms. The molecule has 3 N–H and O–H groups in total. The number of hydrogen-bond donors (Lipinski definition) is 3. The van der Waals surface area contributed by atoms with Gasteiger partial charge in [-0.2, -0.15) is 0 Å². The number of phenolic OH excluding ortho intramolecular Hbond substituents is 1. The molecule has 0 atom stereocenters. The van der Waals surface area contributed by atoms with E-state index in [2.05, 4.69) is 10.0 Å². The number of halogens is 1. The van der Waals surface area contributed by atoms with Gasteiger partial charge in [0, 0.05) is 11.8 Å². The summed E-state index contributed by atoms with van der Waals surface area (Å²) in [6.07, 6.45) is 0. The van der Waals surface area contributed by atoms with E-state index in [1.807, 2.05) is 0 Å². The van der Waals surface area contributed by atoms with Gasteiger partial charge < -0.3 is 19.9 Å². The van der Waals surface area contributed by atoms with E-state index in [1.165, 1.54) is 50.6 Å². The van der Waals surface area contributed by atoms with Crippen LogP contribution in [0, 0.1) is 5.82 Å². The van der Waals surface area contributed by atoms with E-state index < -0.39 is 21.7 Å². The van der Waals surface area contributed by atoms with Crippen LogP contribution >= 0.6 is 0 Å². The van der Waals surface area contributed by atoms with Gasteiger partial charge in [0.15, 0.2) is 0 Å². The molecule has 0 fully saturated rings. The van der Waals surface area contributed by atoms with Crippen molar-refractivity contribution >= 4 is 27.3 Å². The van der Waals surface area contributed by atoms with Gasteiger partial charge >= 0.3 is 0 Å². The van der Waals surface area contributed by atoms with E-state index in [0.29, 0.717) is 5.75 Å². The fourth-order valence-electron chi connectivity index (χ4n) is 2.71. The molecule has 0 aromatic heterocycles. The summed E-state index contributed by atoms with van der Waals surface area (Å²) in [4.78, 5) is 12.4. The minimum Gasteiger partial charge on any atom is -0.507 e. The molecule has 0 radical (unpaired) electrons. The Labute approximate surface area is 178 Å². The van der Waals surface area contributed by atoms with Gasteiger partial charge in [0.05, 0.1) is 30.4 Å². The first-order chi connectivity index (χ1) is 14.7. The quantitative estimate of drug-likeness (QED) is 0.511. The maximum absolute atomic E-state index is 13.1. The number of ether oxygens (including phenoxy) is 2. The number of aromatic hydroxyl groups is 1. The minimum absolute atomic E-state index is 0.00469. The summed E-state index contributed by atoms with van der Waals surface area (Å²) in [5, 5.41) is 12.6. The highest BCUT2D eigenvalue weighted by Crippen LogP contribution is 2.31. The summed E-state index contributed by atoms with van der Waals surface area (Å²) < 4.78 is 50.9. The molecular formula is C21H19FN2O6S. The summed E-state index contributed by atoms with van der Waals surface area (Å²) in [6.45, 7) is 0. The fourth-order valence-corrected chi connectivity index (χ4v) is 3.77. The number of sulfonamides is 1. The SMILES string of the molecule is COc1ccc(C(=O)Nc2ccc(OC)c(NS(=O)(=O)c3ccc(F)cc3)c2)c(O)c1. The molecule has 31 heavy (non-hydrogen) atoms. The second kappa shape index (κ2) is 8.92. The standard InChI is InChI=1S/C21H19FN2O6S/c1-29-15-6-9-17(19(25)12-15)21(26)23-14-5-10-20(30-2)18(11-14)24-31(27,28)16-7-3-13(22)4-8-16/h3-12,24-25H,1-2H3,(H,23,26). The fraction of sp³-hybridized carbons (Fsp3) is 0.0952. The lowest BCUT2D eigenvalue weighted by Crippen LogP contribution is -2.15. The largest absolute Gasteiger partial charge is 0.507 e. The maximum atomic E-state index is 13.1. The molecule has 3 rings (SSSR count). The summed E-state index contributed by atoms with van der Waals surface area (Å²) >= 11 is 0. The van der Waals surface area contributed by atoms with Crippen LogP contribution in [0.1, 0.15) is 10.4 Å². The second-order valence-corrected chi connectivity index (χ2v) is 7.99. The Bertz CT molecular complexity index is 1210. The van der Waals surface area contributed by atoms with Gasteiger partial charge in [-0.15, -0.1) is 0 Å². The van der Waals surface area contributed by atoms with Crippen molar-refractivity contribution in [2.24, 2.45) is 0 Å². The number of rotatable bonds is 7. The van der Waals surface area contributed by atoms with Crippen molar-refractivity contribution in [1.29, 1.82) is 0 Å². The molecule has 0 aliphatic rings. The molecule has 0 unspecified atom stereocenters. The topological polar surface area (TPSA) is 114 Å². The van der Waals surface area contributed by atoms with Crippen molar-refractivity contribution in [1.82, 2.24) is 0 Å². The number of nitrogens with one attached hydrogen (secondary N) is 2. The zero-order valence-corrected chi connectivity index (χ0v) is 17.4. The van der Waals surface area contributed by atoms with Gasteiger partial charge in [0.2, 0.25) is 0 Å². The van der Waals surface area contributed by atoms with Crippen LogP contribution in [-0.2, 0) is 10.0 Å². The predicted octanol–water partition coefficient (Wildman–Crippen LogP) is 3.60. The number of phenols is 1. The molecule has 162 valence electrons. The molecule has 1 amide bonds. The zero-order chi connectivity index (χ0) is 22.6. The molecule has 0 heterocycles. The van der Waals surface area contributed by atoms with Crippen LogP contribution in [-0.4, -0.2) is 33.7 Å². The minimum atomic E-state index is -4.04. The van der Waals surface area contributed by atoms with Gasteiger partial charge in [-0.3, -0.25) is 9.52 Å². The molecular weight excluding hydrogens is 427 g/mol. The number of hydrogen-bond acceptors (Lipinski definition) is 6. The smallest absolute Gasteiger partial charge is 0.262 e. The number of anilines is 2. The van der Waals surface area contributed by atoms with Crippen molar-refractivity contribution in [3.05, 3.63) is 72.0 Å². The lowest BCUT2D eigenvalue weighted by Gasteiger charge is -2.14. The van der Waals surface area contributed by atoms with Gasteiger partial charge in [-0.1, -0.05) is 0 Å². The van der Waals surface area contributed by atoms with E-state index in [1.54, 1.807) is 0 Å². The Kier molecular flexibility index (Phi) is 6.30. The van der Waals surface area contributed by atoms with Gasteiger partial charge in [0.1, 0.15) is 23.1 Å². The number of carbonyl (C=O) groups excluding carboxylic acids is 1. The van der Waals surface area contributed by atoms with Crippen molar-refractivity contribution in [3.63, 3.8) is 0 Å². The Balaban J connectivity index is 1.86. The summed E-state index contributed by atoms with van der Waals surface area (Å²) in [5.74, 6) is -0.866. The van der Waals surface area contributed by atoms with Crippen molar-refractivity contribution < 1.29 is 32.2 Å². The summed E-state index contributed by atoms with van der Waals surface area (Å²) in [6, 6.07) is 12.9. The maximum Gasteiger partial charge on any atom is 0.262 e. The van der Waals surface area contributed by atoms with E-state index in [9.17, 15) is 22.7 Å². The molecule has 0 aliphatic heterocycles. The molecule has 3 aromatic carbocycles. The average Bonchev–Trinajstić information content (AvgIpc) is 2.73. The van der Waals surface area contributed by atoms with Crippen LogP contribution in [0.5, 0.6) is 17.2 Å². The lowest BCUT2D eigenvalue weighted by atomic mass is 10.1. The van der Waals surface area contributed by atoms with Crippen LogP contribution in [0.4, 0.5) is 15.8 Å². The van der Waals surface area contributed by atoms with Gasteiger partial charge in [0.25, 0.3) is 15.9 Å². The number of benzene rings is 3. The second-order valence-electron chi connectivity index (χ2n) is 6.31. The molecule has 8 nitrogen and oxygen atoms in total. The normalized spacial score (nSPS) is 10.9. The van der Waals surface area contributed by atoms with Crippen molar-refractivity contribution in [2.45, 2.75) is 4.90 Å². The molecule has 0 saturated heterocycles. The van der Waals surface area contributed by atoms with Crippen LogP contribution in [0.15, 0.2) is 65.6 Å². The first-order valence-corrected chi connectivity index (χ1v) is 10.4. The summed E-state index contributed by atoms with van der Waals surface area (Å²) in [5.41, 5.74) is 0.312. The van der Waals surface area contributed by atoms with E-state index in [0.717, 1.165) is 24.3 Å². The van der Waals surface area contributed by atoms with Crippen molar-refractivity contribution in [2.75, 3.05) is 24.3 Å². The van der Waals surface area contributed by atoms with E-state index in [-0.39, 0.29) is 33.3 Å². The molecule has 3 aromatic rings. The van der Waals surface area contributed by atoms with Crippen LogP contribution < -0.4 is 19.5 Å². The first kappa shape index (κ1) is 21.9.